The molecule has 0 bridgehead atoms. The van der Waals surface area contributed by atoms with Gasteiger partial charge in [0.25, 0.3) is 5.56 Å². The van der Waals surface area contributed by atoms with Crippen molar-refractivity contribution >= 4 is 0 Å². The standard InChI is InChI=1S/C10H13N3O5/c14-3-5-7(16)10(4-11-10)8(18-5)13-2-1-6(15)12-9(13)17/h1-2,5,7-8,11,14,16H,3-4H2,(H,12,15,17)/t5-,7?,8?,10+/m1/s1. The van der Waals surface area contributed by atoms with Crippen molar-refractivity contribution in [2.24, 2.45) is 0 Å². The van der Waals surface area contributed by atoms with Crippen LogP contribution in [-0.4, -0.2) is 50.7 Å². The van der Waals surface area contributed by atoms with Gasteiger partial charge in [0.15, 0.2) is 6.23 Å². The molecule has 8 nitrogen and oxygen atoms in total. The summed E-state index contributed by atoms with van der Waals surface area (Å²) in [6.45, 7) is 0.153. The van der Waals surface area contributed by atoms with E-state index in [-0.39, 0.29) is 6.61 Å². The second-order valence-electron chi connectivity index (χ2n) is 4.57. The topological polar surface area (TPSA) is 126 Å². The summed E-state index contributed by atoms with van der Waals surface area (Å²) >= 11 is 0. The highest BCUT2D eigenvalue weighted by molar-refractivity contribution is 5.18. The summed E-state index contributed by atoms with van der Waals surface area (Å²) in [7, 11) is 0. The molecule has 1 spiro atoms. The first-order chi connectivity index (χ1) is 8.58. The summed E-state index contributed by atoms with van der Waals surface area (Å²) in [5.41, 5.74) is -1.85. The molecule has 18 heavy (non-hydrogen) atoms. The molecule has 0 radical (unpaired) electrons. The van der Waals surface area contributed by atoms with E-state index in [2.05, 4.69) is 10.3 Å². The van der Waals surface area contributed by atoms with Crippen LogP contribution in [0.2, 0.25) is 0 Å². The first-order valence-electron chi connectivity index (χ1n) is 5.59. The summed E-state index contributed by atoms with van der Waals surface area (Å²) < 4.78 is 6.69. The SMILES string of the molecule is O=c1ccn(C2O[C@H](CO)C(O)[C@@]23CN3)c(=O)[nH]1. The van der Waals surface area contributed by atoms with Crippen molar-refractivity contribution in [3.05, 3.63) is 33.1 Å². The van der Waals surface area contributed by atoms with Gasteiger partial charge in [-0.15, -0.1) is 0 Å². The van der Waals surface area contributed by atoms with Crippen LogP contribution in [-0.2, 0) is 4.74 Å². The van der Waals surface area contributed by atoms with Crippen LogP contribution < -0.4 is 16.6 Å². The predicted molar refractivity (Wildman–Crippen MR) is 59.1 cm³/mol. The molecule has 1 aromatic heterocycles. The Hall–Kier alpha value is -1.48. The van der Waals surface area contributed by atoms with Gasteiger partial charge in [0, 0.05) is 18.8 Å². The molecular weight excluding hydrogens is 242 g/mol. The lowest BCUT2D eigenvalue weighted by molar-refractivity contribution is -0.0470. The minimum absolute atomic E-state index is 0.334. The molecule has 2 saturated heterocycles. The Morgan fingerprint density at radius 1 is 1.56 bits per heavy atom. The molecule has 2 fully saturated rings. The van der Waals surface area contributed by atoms with Crippen LogP contribution in [0.25, 0.3) is 0 Å². The Morgan fingerprint density at radius 3 is 2.83 bits per heavy atom. The van der Waals surface area contributed by atoms with Crippen LogP contribution in [0.3, 0.4) is 0 Å². The maximum Gasteiger partial charge on any atom is 0.330 e. The van der Waals surface area contributed by atoms with E-state index in [0.717, 1.165) is 0 Å². The second kappa shape index (κ2) is 3.75. The Kier molecular flexibility index (Phi) is 2.42. The molecule has 2 aliphatic rings. The van der Waals surface area contributed by atoms with E-state index < -0.39 is 35.2 Å². The van der Waals surface area contributed by atoms with Crippen molar-refractivity contribution in [2.75, 3.05) is 13.2 Å². The number of aromatic nitrogens is 2. The zero-order valence-electron chi connectivity index (χ0n) is 9.37. The molecule has 98 valence electrons. The van der Waals surface area contributed by atoms with Gasteiger partial charge in [0.05, 0.1) is 6.61 Å². The summed E-state index contributed by atoms with van der Waals surface area (Å²) in [4.78, 5) is 24.8. The van der Waals surface area contributed by atoms with Crippen molar-refractivity contribution < 1.29 is 14.9 Å². The average Bonchev–Trinajstić information content (AvgIpc) is 3.07. The number of aliphatic hydroxyl groups is 2. The molecule has 0 aromatic carbocycles. The Bertz CT molecular complexity index is 575. The number of hydrogen-bond donors (Lipinski definition) is 4. The van der Waals surface area contributed by atoms with E-state index in [9.17, 15) is 14.7 Å². The second-order valence-corrected chi connectivity index (χ2v) is 4.57. The first-order valence-corrected chi connectivity index (χ1v) is 5.59. The quantitative estimate of drug-likeness (QED) is 0.421. The third kappa shape index (κ3) is 1.47. The number of nitrogens with one attached hydrogen (secondary N) is 2. The van der Waals surface area contributed by atoms with Crippen LogP contribution in [0.5, 0.6) is 0 Å². The van der Waals surface area contributed by atoms with Crippen molar-refractivity contribution in [1.82, 2.24) is 14.9 Å². The third-order valence-electron chi connectivity index (χ3n) is 3.49. The lowest BCUT2D eigenvalue weighted by Gasteiger charge is -2.19. The van der Waals surface area contributed by atoms with Gasteiger partial charge in [-0.2, -0.15) is 0 Å². The highest BCUT2D eigenvalue weighted by Gasteiger charge is 2.64. The lowest BCUT2D eigenvalue weighted by atomic mass is 10.00. The zero-order chi connectivity index (χ0) is 12.9. The molecule has 3 rings (SSSR count). The molecule has 0 saturated carbocycles. The maximum absolute atomic E-state index is 11.7. The number of hydrogen-bond acceptors (Lipinski definition) is 6. The van der Waals surface area contributed by atoms with E-state index in [1.165, 1.54) is 16.8 Å². The largest absolute Gasteiger partial charge is 0.394 e. The molecule has 0 aliphatic carbocycles. The van der Waals surface area contributed by atoms with Crippen LogP contribution in [0.15, 0.2) is 21.9 Å². The highest BCUT2D eigenvalue weighted by atomic mass is 16.5. The fraction of sp³-hybridized carbons (Fsp3) is 0.600. The lowest BCUT2D eigenvalue weighted by Crippen LogP contribution is -2.42. The fourth-order valence-electron chi connectivity index (χ4n) is 2.39. The summed E-state index contributed by atoms with van der Waals surface area (Å²) in [6.07, 6.45) is -1.07. The number of rotatable bonds is 2. The van der Waals surface area contributed by atoms with E-state index in [4.69, 9.17) is 9.84 Å². The Labute approximate surface area is 101 Å². The minimum Gasteiger partial charge on any atom is -0.394 e. The molecule has 1 aromatic rings. The van der Waals surface area contributed by atoms with Gasteiger partial charge < -0.3 is 20.3 Å². The Balaban J connectivity index is 2.02. The molecular formula is C10H13N3O5. The molecule has 4 N–H and O–H groups in total. The van der Waals surface area contributed by atoms with Crippen molar-refractivity contribution in [1.29, 1.82) is 0 Å². The normalized spacial score (nSPS) is 38.2. The molecule has 4 atom stereocenters. The Morgan fingerprint density at radius 2 is 2.28 bits per heavy atom. The smallest absolute Gasteiger partial charge is 0.330 e. The number of nitrogens with zero attached hydrogens (tertiary/aromatic N) is 1. The van der Waals surface area contributed by atoms with Gasteiger partial charge in [-0.1, -0.05) is 0 Å². The van der Waals surface area contributed by atoms with Gasteiger partial charge in [-0.3, -0.25) is 14.3 Å². The van der Waals surface area contributed by atoms with Crippen LogP contribution in [0, 0.1) is 0 Å². The van der Waals surface area contributed by atoms with Crippen molar-refractivity contribution in [3.63, 3.8) is 0 Å². The fourth-order valence-corrected chi connectivity index (χ4v) is 2.39. The summed E-state index contributed by atoms with van der Waals surface area (Å²) in [6, 6.07) is 1.21. The third-order valence-corrected chi connectivity index (χ3v) is 3.49. The molecule has 2 aliphatic heterocycles. The zero-order valence-corrected chi connectivity index (χ0v) is 9.37. The van der Waals surface area contributed by atoms with E-state index in [1.807, 2.05) is 0 Å². The van der Waals surface area contributed by atoms with Crippen molar-refractivity contribution in [3.8, 4) is 0 Å². The minimum atomic E-state index is -0.897. The molecule has 0 amide bonds. The summed E-state index contributed by atoms with van der Waals surface area (Å²) in [5.74, 6) is 0. The van der Waals surface area contributed by atoms with Gasteiger partial charge in [0.1, 0.15) is 17.7 Å². The molecule has 2 unspecified atom stereocenters. The van der Waals surface area contributed by atoms with Gasteiger partial charge in [0.2, 0.25) is 0 Å². The van der Waals surface area contributed by atoms with Crippen LogP contribution >= 0.6 is 0 Å². The van der Waals surface area contributed by atoms with E-state index in [1.54, 1.807) is 0 Å². The van der Waals surface area contributed by atoms with Gasteiger partial charge >= 0.3 is 5.69 Å². The van der Waals surface area contributed by atoms with Crippen LogP contribution in [0.4, 0.5) is 0 Å². The summed E-state index contributed by atoms with van der Waals surface area (Å²) in [5, 5.41) is 22.1. The molecule has 3 heterocycles. The maximum atomic E-state index is 11.7. The molecule has 8 heteroatoms. The monoisotopic (exact) mass is 255 g/mol. The highest BCUT2D eigenvalue weighted by Crippen LogP contribution is 2.43. The number of ether oxygens (including phenoxy) is 1. The number of aliphatic hydroxyl groups excluding tert-OH is 2. The first kappa shape index (κ1) is 11.6. The van der Waals surface area contributed by atoms with E-state index in [0.29, 0.717) is 6.54 Å². The van der Waals surface area contributed by atoms with Crippen LogP contribution in [0.1, 0.15) is 6.23 Å². The van der Waals surface area contributed by atoms with E-state index >= 15 is 0 Å². The number of H-pyrrole nitrogens is 1. The average molecular weight is 255 g/mol. The number of aromatic amines is 1. The predicted octanol–water partition coefficient (Wildman–Crippen LogP) is -2.87. The van der Waals surface area contributed by atoms with Gasteiger partial charge in [-0.25, -0.2) is 4.79 Å². The van der Waals surface area contributed by atoms with Crippen molar-refractivity contribution in [2.45, 2.75) is 24.0 Å². The van der Waals surface area contributed by atoms with Gasteiger partial charge in [-0.05, 0) is 0 Å².